The largest absolute Gasteiger partial charge is 0.240 e. The maximum absolute atomic E-state index is 12.1. The lowest BCUT2D eigenvalue weighted by Crippen LogP contribution is -2.34. The van der Waals surface area contributed by atoms with Crippen molar-refractivity contribution in [3.63, 3.8) is 0 Å². The minimum atomic E-state index is -3.42. The molecule has 0 aliphatic rings. The highest BCUT2D eigenvalue weighted by Gasteiger charge is 2.21. The lowest BCUT2D eigenvalue weighted by Gasteiger charge is -2.24. The molecule has 0 spiro atoms. The van der Waals surface area contributed by atoms with E-state index in [1.165, 1.54) is 0 Å². The minimum absolute atomic E-state index is 0.0454. The van der Waals surface area contributed by atoms with E-state index in [0.29, 0.717) is 11.4 Å². The number of sulfonamides is 1. The van der Waals surface area contributed by atoms with Crippen LogP contribution in [0.4, 0.5) is 0 Å². The van der Waals surface area contributed by atoms with Crippen molar-refractivity contribution >= 4 is 41.9 Å². The van der Waals surface area contributed by atoms with Gasteiger partial charge in [0.2, 0.25) is 10.0 Å². The van der Waals surface area contributed by atoms with Gasteiger partial charge in [-0.1, -0.05) is 45.7 Å². The molecule has 1 rings (SSSR count). The Kier molecular flexibility index (Phi) is 6.50. The van der Waals surface area contributed by atoms with Gasteiger partial charge in [-0.05, 0) is 42.5 Å². The quantitative estimate of drug-likeness (QED) is 0.689. The van der Waals surface area contributed by atoms with Crippen LogP contribution in [0.2, 0.25) is 0 Å². The third kappa shape index (κ3) is 5.94. The van der Waals surface area contributed by atoms with Crippen LogP contribution in [-0.2, 0) is 10.0 Å². The smallest absolute Gasteiger partial charge is 0.211 e. The van der Waals surface area contributed by atoms with Gasteiger partial charge in [-0.25, -0.2) is 13.1 Å². The minimum Gasteiger partial charge on any atom is -0.211 e. The van der Waals surface area contributed by atoms with E-state index in [1.54, 1.807) is 24.3 Å². The van der Waals surface area contributed by atoms with Crippen molar-refractivity contribution in [2.45, 2.75) is 31.6 Å². The molecule has 6 heteroatoms. The monoisotopic (exact) mass is 411 g/mol. The number of nitrogens with one attached hydrogen (secondary N) is 1. The molecule has 1 aromatic carbocycles. The van der Waals surface area contributed by atoms with Crippen molar-refractivity contribution in [3.05, 3.63) is 28.7 Å². The van der Waals surface area contributed by atoms with E-state index >= 15 is 0 Å². The van der Waals surface area contributed by atoms with Crippen molar-refractivity contribution in [2.24, 2.45) is 5.41 Å². The average Bonchev–Trinajstić information content (AvgIpc) is 2.35. The zero-order valence-electron chi connectivity index (χ0n) is 11.1. The summed E-state index contributed by atoms with van der Waals surface area (Å²) < 4.78 is 27.8. The van der Waals surface area contributed by atoms with Crippen molar-refractivity contribution in [1.29, 1.82) is 0 Å². The molecule has 0 fully saturated rings. The van der Waals surface area contributed by atoms with E-state index in [2.05, 4.69) is 50.4 Å². The van der Waals surface area contributed by atoms with E-state index in [1.807, 2.05) is 0 Å². The molecule has 0 unspecified atom stereocenters. The van der Waals surface area contributed by atoms with E-state index in [4.69, 9.17) is 0 Å². The Morgan fingerprint density at radius 1 is 1.21 bits per heavy atom. The first kappa shape index (κ1) is 17.1. The third-order valence-electron chi connectivity index (χ3n) is 2.85. The second kappa shape index (κ2) is 7.20. The molecule has 0 aliphatic heterocycles. The van der Waals surface area contributed by atoms with E-state index < -0.39 is 10.0 Å². The standard InChI is InChI=1S/C13H19Br2NO2S/c1-13(2,8-3-9-14)10-16-19(17,18)12-6-4-11(15)5-7-12/h4-7,16H,3,8-10H2,1-2H3. The summed E-state index contributed by atoms with van der Waals surface area (Å²) in [6.07, 6.45) is 2.01. The molecule has 108 valence electrons. The highest BCUT2D eigenvalue weighted by molar-refractivity contribution is 9.10. The van der Waals surface area contributed by atoms with Crippen LogP contribution < -0.4 is 4.72 Å². The van der Waals surface area contributed by atoms with E-state index in [9.17, 15) is 8.42 Å². The van der Waals surface area contributed by atoms with Crippen LogP contribution in [0, 0.1) is 5.41 Å². The van der Waals surface area contributed by atoms with Crippen LogP contribution in [0.3, 0.4) is 0 Å². The Labute approximate surface area is 132 Å². The molecule has 0 heterocycles. The summed E-state index contributed by atoms with van der Waals surface area (Å²) in [5, 5.41) is 0.940. The summed E-state index contributed by atoms with van der Waals surface area (Å²) in [5.74, 6) is 0. The van der Waals surface area contributed by atoms with E-state index in [-0.39, 0.29) is 5.41 Å². The number of rotatable bonds is 7. The van der Waals surface area contributed by atoms with Crippen molar-refractivity contribution in [3.8, 4) is 0 Å². The fourth-order valence-electron chi connectivity index (χ4n) is 1.62. The lowest BCUT2D eigenvalue weighted by molar-refractivity contribution is 0.332. The fourth-order valence-corrected chi connectivity index (χ4v) is 3.41. The van der Waals surface area contributed by atoms with Crippen molar-refractivity contribution in [2.75, 3.05) is 11.9 Å². The molecule has 0 aliphatic carbocycles. The first-order chi connectivity index (χ1) is 8.77. The maximum Gasteiger partial charge on any atom is 0.240 e. The molecule has 1 N–H and O–H groups in total. The number of hydrogen-bond acceptors (Lipinski definition) is 2. The Morgan fingerprint density at radius 3 is 2.32 bits per heavy atom. The van der Waals surface area contributed by atoms with Gasteiger partial charge < -0.3 is 0 Å². The third-order valence-corrected chi connectivity index (χ3v) is 5.36. The Morgan fingerprint density at radius 2 is 1.79 bits per heavy atom. The van der Waals surface area contributed by atoms with Crippen molar-refractivity contribution in [1.82, 2.24) is 4.72 Å². The first-order valence-electron chi connectivity index (χ1n) is 6.08. The predicted molar refractivity (Wildman–Crippen MR) is 86.1 cm³/mol. The number of benzene rings is 1. The summed E-state index contributed by atoms with van der Waals surface area (Å²) in [4.78, 5) is 0.298. The molecule has 0 saturated heterocycles. The number of alkyl halides is 1. The molecular weight excluding hydrogens is 394 g/mol. The number of halogens is 2. The summed E-state index contributed by atoms with van der Waals surface area (Å²) in [5.41, 5.74) is -0.0454. The van der Waals surface area contributed by atoms with Gasteiger partial charge in [0, 0.05) is 16.3 Å². The molecule has 0 bridgehead atoms. The molecule has 19 heavy (non-hydrogen) atoms. The summed E-state index contributed by atoms with van der Waals surface area (Å²) in [7, 11) is -3.42. The van der Waals surface area contributed by atoms with Gasteiger partial charge in [0.05, 0.1) is 4.90 Å². The zero-order valence-corrected chi connectivity index (χ0v) is 15.1. The Balaban J connectivity index is 2.68. The zero-order chi connectivity index (χ0) is 14.5. The van der Waals surface area contributed by atoms with Crippen LogP contribution >= 0.6 is 31.9 Å². The summed E-state index contributed by atoms with van der Waals surface area (Å²) in [6.45, 7) is 4.58. The molecule has 1 aromatic rings. The molecule has 0 saturated carbocycles. The average molecular weight is 413 g/mol. The molecule has 0 amide bonds. The van der Waals surface area contributed by atoms with Crippen LogP contribution in [0.1, 0.15) is 26.7 Å². The Bertz CT molecular complexity index is 498. The fraction of sp³-hybridized carbons (Fsp3) is 0.538. The van der Waals surface area contributed by atoms with Gasteiger partial charge in [0.1, 0.15) is 0 Å². The van der Waals surface area contributed by atoms with Crippen molar-refractivity contribution < 1.29 is 8.42 Å². The first-order valence-corrected chi connectivity index (χ1v) is 9.48. The van der Waals surface area contributed by atoms with Gasteiger partial charge in [-0.3, -0.25) is 0 Å². The van der Waals surface area contributed by atoms with Crippen LogP contribution in [0.15, 0.2) is 33.6 Å². The van der Waals surface area contributed by atoms with Crippen LogP contribution in [0.25, 0.3) is 0 Å². The SMILES string of the molecule is CC(C)(CCCBr)CNS(=O)(=O)c1ccc(Br)cc1. The van der Waals surface area contributed by atoms with Gasteiger partial charge in [-0.15, -0.1) is 0 Å². The second-order valence-corrected chi connectivity index (χ2v) is 8.71. The van der Waals surface area contributed by atoms with Crippen LogP contribution in [0.5, 0.6) is 0 Å². The van der Waals surface area contributed by atoms with Crippen LogP contribution in [-0.4, -0.2) is 20.3 Å². The maximum atomic E-state index is 12.1. The van der Waals surface area contributed by atoms with Gasteiger partial charge >= 0.3 is 0 Å². The van der Waals surface area contributed by atoms with Gasteiger partial charge in [0.25, 0.3) is 0 Å². The Hall–Kier alpha value is 0.0900. The van der Waals surface area contributed by atoms with Gasteiger partial charge in [-0.2, -0.15) is 0 Å². The highest BCUT2D eigenvalue weighted by Crippen LogP contribution is 2.23. The predicted octanol–water partition coefficient (Wildman–Crippen LogP) is 3.93. The normalized spacial score (nSPS) is 12.6. The lowest BCUT2D eigenvalue weighted by atomic mass is 9.88. The summed E-state index contributed by atoms with van der Waals surface area (Å²) in [6, 6.07) is 6.64. The molecule has 3 nitrogen and oxygen atoms in total. The van der Waals surface area contributed by atoms with E-state index in [0.717, 1.165) is 22.6 Å². The molecule has 0 aromatic heterocycles. The topological polar surface area (TPSA) is 46.2 Å². The molecular formula is C13H19Br2NO2S. The molecule has 0 radical (unpaired) electrons. The summed E-state index contributed by atoms with van der Waals surface area (Å²) >= 11 is 6.68. The van der Waals surface area contributed by atoms with Gasteiger partial charge in [0.15, 0.2) is 0 Å². The highest BCUT2D eigenvalue weighted by atomic mass is 79.9. The number of hydrogen-bond donors (Lipinski definition) is 1. The second-order valence-electron chi connectivity index (χ2n) is 5.24. The molecule has 0 atom stereocenters.